The second kappa shape index (κ2) is 10.4. The van der Waals surface area contributed by atoms with Crippen molar-refractivity contribution in [2.24, 2.45) is 5.92 Å². The molecule has 0 heterocycles. The van der Waals surface area contributed by atoms with E-state index < -0.39 is 6.10 Å². The first-order valence-electron chi connectivity index (χ1n) is 7.99. The fourth-order valence-corrected chi connectivity index (χ4v) is 2.31. The lowest BCUT2D eigenvalue weighted by atomic mass is 10.1. The molecule has 1 atom stereocenters. The number of hydrogen-bond donors (Lipinski definition) is 1. The third-order valence-corrected chi connectivity index (χ3v) is 3.64. The van der Waals surface area contributed by atoms with Gasteiger partial charge >= 0.3 is 0 Å². The smallest absolute Gasteiger partial charge is 0.107 e. The first-order valence-corrected chi connectivity index (χ1v) is 7.99. The average molecular weight is 303 g/mol. The van der Waals surface area contributed by atoms with Crippen LogP contribution in [0.5, 0.6) is 0 Å². The minimum atomic E-state index is -0.510. The Morgan fingerprint density at radius 3 is 2.68 bits per heavy atom. The number of hydrogen-bond acceptors (Lipinski definition) is 3. The Kier molecular flexibility index (Phi) is 8.84. The lowest BCUT2D eigenvalue weighted by molar-refractivity contribution is 0.0252. The van der Waals surface area contributed by atoms with Crippen LogP contribution in [0.3, 0.4) is 0 Å². The normalized spacial score (nSPS) is 12.6. The number of aliphatic hydroxyl groups excluding tert-OH is 1. The van der Waals surface area contributed by atoms with Crippen LogP contribution < -0.4 is 0 Å². The van der Waals surface area contributed by atoms with Gasteiger partial charge in [0.1, 0.15) is 6.61 Å². The van der Waals surface area contributed by atoms with Crippen molar-refractivity contribution in [3.63, 3.8) is 0 Å². The Labute approximate surface area is 135 Å². The largest absolute Gasteiger partial charge is 0.389 e. The van der Waals surface area contributed by atoms with Crippen LogP contribution >= 0.6 is 0 Å². The molecule has 0 fully saturated rings. The predicted molar refractivity (Wildman–Crippen MR) is 91.6 cm³/mol. The molecule has 0 aliphatic carbocycles. The molecule has 1 unspecified atom stereocenters. The molecular weight excluding hydrogens is 274 g/mol. The van der Waals surface area contributed by atoms with Gasteiger partial charge in [-0.15, -0.1) is 6.42 Å². The summed E-state index contributed by atoms with van der Waals surface area (Å²) in [6.45, 7) is 9.53. The van der Waals surface area contributed by atoms with E-state index in [2.05, 4.69) is 55.9 Å². The average Bonchev–Trinajstić information content (AvgIpc) is 2.47. The van der Waals surface area contributed by atoms with Crippen molar-refractivity contribution in [1.82, 2.24) is 4.90 Å². The van der Waals surface area contributed by atoms with Gasteiger partial charge in [-0.3, -0.25) is 4.90 Å². The molecule has 22 heavy (non-hydrogen) atoms. The Balaban J connectivity index is 2.59. The lowest BCUT2D eigenvalue weighted by Crippen LogP contribution is -2.36. The minimum absolute atomic E-state index is 0.251. The van der Waals surface area contributed by atoms with Gasteiger partial charge in [0.25, 0.3) is 0 Å². The maximum atomic E-state index is 10.1. The Bertz CT molecular complexity index is 465. The Morgan fingerprint density at radius 1 is 1.32 bits per heavy atom. The zero-order valence-corrected chi connectivity index (χ0v) is 14.1. The van der Waals surface area contributed by atoms with Crippen LogP contribution in [-0.4, -0.2) is 42.4 Å². The summed E-state index contributed by atoms with van der Waals surface area (Å²) in [5.41, 5.74) is 2.60. The van der Waals surface area contributed by atoms with Crippen LogP contribution in [0.2, 0.25) is 0 Å². The van der Waals surface area contributed by atoms with Crippen LogP contribution in [0, 0.1) is 25.2 Å². The molecular formula is C19H29NO2. The zero-order chi connectivity index (χ0) is 16.4. The SMILES string of the molecule is C#CCOCC(O)CN(CCC(C)C)Cc1ccccc1C. The molecule has 0 saturated carbocycles. The van der Waals surface area contributed by atoms with Crippen LogP contribution in [0.1, 0.15) is 31.4 Å². The second-order valence-corrected chi connectivity index (χ2v) is 6.22. The van der Waals surface area contributed by atoms with E-state index in [1.54, 1.807) is 0 Å². The fraction of sp³-hybridized carbons (Fsp3) is 0.579. The van der Waals surface area contributed by atoms with Gasteiger partial charge in [0.05, 0.1) is 12.7 Å². The molecule has 1 aromatic carbocycles. The first kappa shape index (κ1) is 18.7. The molecule has 122 valence electrons. The highest BCUT2D eigenvalue weighted by Crippen LogP contribution is 2.13. The highest BCUT2D eigenvalue weighted by molar-refractivity contribution is 5.25. The molecule has 1 rings (SSSR count). The van der Waals surface area contributed by atoms with Gasteiger partial charge in [-0.2, -0.15) is 0 Å². The predicted octanol–water partition coefficient (Wildman–Crippen LogP) is 2.85. The molecule has 3 nitrogen and oxygen atoms in total. The summed E-state index contributed by atoms with van der Waals surface area (Å²) in [7, 11) is 0. The van der Waals surface area contributed by atoms with Gasteiger partial charge in [-0.1, -0.05) is 44.0 Å². The second-order valence-electron chi connectivity index (χ2n) is 6.22. The topological polar surface area (TPSA) is 32.7 Å². The maximum Gasteiger partial charge on any atom is 0.107 e. The van der Waals surface area contributed by atoms with Crippen LogP contribution in [-0.2, 0) is 11.3 Å². The third kappa shape index (κ3) is 7.61. The molecule has 1 N–H and O–H groups in total. The van der Waals surface area contributed by atoms with Crippen LogP contribution in [0.15, 0.2) is 24.3 Å². The number of terminal acetylenes is 1. The summed E-state index contributed by atoms with van der Waals surface area (Å²) in [5, 5.41) is 10.1. The van der Waals surface area contributed by atoms with E-state index in [0.29, 0.717) is 12.5 Å². The molecule has 0 spiro atoms. The summed E-state index contributed by atoms with van der Waals surface area (Å²) in [6.07, 6.45) is 5.75. The van der Waals surface area contributed by atoms with E-state index in [0.717, 1.165) is 19.5 Å². The fourth-order valence-electron chi connectivity index (χ4n) is 2.31. The Hall–Kier alpha value is -1.34. The summed E-state index contributed by atoms with van der Waals surface area (Å²) in [4.78, 5) is 2.30. The van der Waals surface area contributed by atoms with Crippen LogP contribution in [0.25, 0.3) is 0 Å². The number of aryl methyl sites for hydroxylation is 1. The van der Waals surface area contributed by atoms with Crippen molar-refractivity contribution < 1.29 is 9.84 Å². The van der Waals surface area contributed by atoms with E-state index in [-0.39, 0.29) is 13.2 Å². The van der Waals surface area contributed by atoms with E-state index in [4.69, 9.17) is 11.2 Å². The highest BCUT2D eigenvalue weighted by Gasteiger charge is 2.14. The van der Waals surface area contributed by atoms with E-state index >= 15 is 0 Å². The molecule has 0 aromatic heterocycles. The van der Waals surface area contributed by atoms with Gasteiger partial charge in [-0.25, -0.2) is 0 Å². The molecule has 0 saturated heterocycles. The van der Waals surface area contributed by atoms with Crippen molar-refractivity contribution in [3.05, 3.63) is 35.4 Å². The van der Waals surface area contributed by atoms with Gasteiger partial charge in [-0.05, 0) is 36.9 Å². The summed E-state index contributed by atoms with van der Waals surface area (Å²) >= 11 is 0. The van der Waals surface area contributed by atoms with Crippen molar-refractivity contribution >= 4 is 0 Å². The van der Waals surface area contributed by atoms with Gasteiger partial charge in [0.2, 0.25) is 0 Å². The Morgan fingerprint density at radius 2 is 2.05 bits per heavy atom. The van der Waals surface area contributed by atoms with Gasteiger partial charge in [0.15, 0.2) is 0 Å². The number of benzene rings is 1. The molecule has 0 bridgehead atoms. The van der Waals surface area contributed by atoms with Crippen molar-refractivity contribution in [2.45, 2.75) is 39.8 Å². The maximum absolute atomic E-state index is 10.1. The summed E-state index contributed by atoms with van der Waals surface area (Å²) in [6, 6.07) is 8.40. The number of rotatable bonds is 10. The lowest BCUT2D eigenvalue weighted by Gasteiger charge is -2.26. The zero-order valence-electron chi connectivity index (χ0n) is 14.1. The summed E-state index contributed by atoms with van der Waals surface area (Å²) < 4.78 is 5.23. The monoisotopic (exact) mass is 303 g/mol. The van der Waals surface area contributed by atoms with Crippen molar-refractivity contribution in [2.75, 3.05) is 26.3 Å². The standard InChI is InChI=1S/C19H29NO2/c1-5-12-22-15-19(21)14-20(11-10-16(2)3)13-18-9-7-6-8-17(18)4/h1,6-9,16,19,21H,10-15H2,2-4H3. The molecule has 1 aromatic rings. The minimum Gasteiger partial charge on any atom is -0.389 e. The molecule has 0 radical (unpaired) electrons. The van der Waals surface area contributed by atoms with Crippen LogP contribution in [0.4, 0.5) is 0 Å². The number of nitrogens with zero attached hydrogens (tertiary/aromatic N) is 1. The first-order chi connectivity index (χ1) is 10.5. The molecule has 3 heteroatoms. The van der Waals surface area contributed by atoms with Gasteiger partial charge in [0, 0.05) is 13.1 Å². The van der Waals surface area contributed by atoms with Crippen molar-refractivity contribution in [3.8, 4) is 12.3 Å². The molecule has 0 aliphatic heterocycles. The van der Waals surface area contributed by atoms with E-state index in [1.165, 1.54) is 11.1 Å². The van der Waals surface area contributed by atoms with E-state index in [1.807, 2.05) is 0 Å². The van der Waals surface area contributed by atoms with Crippen molar-refractivity contribution in [1.29, 1.82) is 0 Å². The molecule has 0 amide bonds. The van der Waals surface area contributed by atoms with Gasteiger partial charge < -0.3 is 9.84 Å². The quantitative estimate of drug-likeness (QED) is 0.533. The number of ether oxygens (including phenoxy) is 1. The molecule has 0 aliphatic rings. The van der Waals surface area contributed by atoms with E-state index in [9.17, 15) is 5.11 Å². The highest BCUT2D eigenvalue weighted by atomic mass is 16.5. The summed E-state index contributed by atoms with van der Waals surface area (Å²) in [5.74, 6) is 3.06. The third-order valence-electron chi connectivity index (χ3n) is 3.64. The number of aliphatic hydroxyl groups is 1.